The molecule has 0 aliphatic heterocycles. The molecule has 0 saturated heterocycles. The smallest absolute Gasteiger partial charge is 0.223 e. The zero-order valence-electron chi connectivity index (χ0n) is 18.7. The topological polar surface area (TPSA) is 55.1 Å². The third-order valence-electron chi connectivity index (χ3n) is 9.81. The Morgan fingerprint density at radius 2 is 1.87 bits per heavy atom. The molecule has 1 aromatic carbocycles. The molecule has 0 radical (unpaired) electrons. The van der Waals surface area contributed by atoms with Crippen LogP contribution in [0.1, 0.15) is 83.1 Å². The fourth-order valence-corrected chi connectivity index (χ4v) is 8.37. The summed E-state index contributed by atoms with van der Waals surface area (Å²) >= 11 is 0. The van der Waals surface area contributed by atoms with E-state index < -0.39 is 0 Å². The zero-order chi connectivity index (χ0) is 20.8. The Bertz CT molecular complexity index is 755. The second kappa shape index (κ2) is 7.97. The van der Waals surface area contributed by atoms with Crippen molar-refractivity contribution < 1.29 is 4.79 Å². The van der Waals surface area contributed by atoms with Gasteiger partial charge in [-0.05, 0) is 105 Å². The fraction of sp³-hybridized carbons (Fsp3) is 0.741. The highest BCUT2D eigenvalue weighted by atomic mass is 16.2. The molecular formula is C27H40N2O. The summed E-state index contributed by atoms with van der Waals surface area (Å²) in [6.07, 6.45) is 13.4. The minimum atomic E-state index is 0.241. The number of amides is 1. The summed E-state index contributed by atoms with van der Waals surface area (Å²) in [6, 6.07) is 11.7. The van der Waals surface area contributed by atoms with Crippen LogP contribution in [-0.4, -0.2) is 18.5 Å². The Labute approximate surface area is 182 Å². The third-order valence-corrected chi connectivity index (χ3v) is 9.81. The minimum Gasteiger partial charge on any atom is -0.353 e. The van der Waals surface area contributed by atoms with Crippen LogP contribution < -0.4 is 11.1 Å². The molecule has 30 heavy (non-hydrogen) atoms. The van der Waals surface area contributed by atoms with Gasteiger partial charge in [0, 0.05) is 12.0 Å². The lowest BCUT2D eigenvalue weighted by molar-refractivity contribution is -0.147. The summed E-state index contributed by atoms with van der Waals surface area (Å²) in [5, 5.41) is 3.51. The highest BCUT2D eigenvalue weighted by Gasteiger charge is 2.60. The normalized spacial score (nSPS) is 42.7. The van der Waals surface area contributed by atoms with Crippen LogP contribution in [0.4, 0.5) is 0 Å². The van der Waals surface area contributed by atoms with E-state index >= 15 is 0 Å². The Kier molecular flexibility index (Phi) is 5.46. The van der Waals surface area contributed by atoms with Gasteiger partial charge in [-0.15, -0.1) is 0 Å². The fourth-order valence-electron chi connectivity index (χ4n) is 8.37. The van der Waals surface area contributed by atoms with Crippen molar-refractivity contribution in [3.63, 3.8) is 0 Å². The van der Waals surface area contributed by atoms with E-state index in [2.05, 4.69) is 42.6 Å². The van der Waals surface area contributed by atoms with Crippen LogP contribution in [0.15, 0.2) is 30.3 Å². The van der Waals surface area contributed by atoms with E-state index in [1.54, 1.807) is 5.56 Å². The molecule has 3 N–H and O–H groups in total. The van der Waals surface area contributed by atoms with Crippen LogP contribution in [-0.2, 0) is 10.2 Å². The van der Waals surface area contributed by atoms with Gasteiger partial charge in [-0.3, -0.25) is 4.79 Å². The zero-order valence-corrected chi connectivity index (χ0v) is 18.7. The average molecular weight is 409 g/mol. The predicted octanol–water partition coefficient (Wildman–Crippen LogP) is 5.18. The Morgan fingerprint density at radius 1 is 1.10 bits per heavy atom. The number of nitrogens with two attached hydrogens (primary N) is 1. The first-order chi connectivity index (χ1) is 14.6. The van der Waals surface area contributed by atoms with Gasteiger partial charge in [0.05, 0.1) is 0 Å². The second-order valence-corrected chi connectivity index (χ2v) is 11.3. The molecule has 0 heterocycles. The van der Waals surface area contributed by atoms with Gasteiger partial charge in [0.2, 0.25) is 5.91 Å². The standard InChI is InChI=1S/C27H40N2O/c1-2-26-15-20-14-23(25(30)29-22-10-8-19(17-28)9-11-22)24(26)12-13-27(16-20,18-26)21-6-4-3-5-7-21/h3-7,19-20,22-24H,2,8-18,28H2,1H3,(H,29,30)/t19-,20?,22-,23?,24?,26?,27?. The third kappa shape index (κ3) is 3.42. The lowest BCUT2D eigenvalue weighted by atomic mass is 9.41. The van der Waals surface area contributed by atoms with Crippen LogP contribution in [0.3, 0.4) is 0 Å². The summed E-state index contributed by atoms with van der Waals surface area (Å²) in [5.74, 6) is 2.58. The molecule has 4 aliphatic rings. The van der Waals surface area contributed by atoms with Crippen LogP contribution in [0.25, 0.3) is 0 Å². The summed E-state index contributed by atoms with van der Waals surface area (Å²) in [5.41, 5.74) is 8.15. The van der Waals surface area contributed by atoms with Gasteiger partial charge < -0.3 is 11.1 Å². The van der Waals surface area contributed by atoms with Crippen LogP contribution in [0, 0.1) is 29.1 Å². The van der Waals surface area contributed by atoms with Crippen molar-refractivity contribution in [2.75, 3.05) is 6.54 Å². The maximum absolute atomic E-state index is 13.5. The van der Waals surface area contributed by atoms with E-state index in [0.29, 0.717) is 40.5 Å². The number of benzene rings is 1. The van der Waals surface area contributed by atoms with E-state index in [0.717, 1.165) is 25.8 Å². The van der Waals surface area contributed by atoms with Crippen molar-refractivity contribution in [2.45, 2.75) is 89.0 Å². The van der Waals surface area contributed by atoms with Crippen molar-refractivity contribution in [2.24, 2.45) is 34.8 Å². The quantitative estimate of drug-likeness (QED) is 0.705. The number of hydrogen-bond acceptors (Lipinski definition) is 2. The molecule has 4 fully saturated rings. The van der Waals surface area contributed by atoms with Gasteiger partial charge in [-0.2, -0.15) is 0 Å². The van der Waals surface area contributed by atoms with Crippen LogP contribution in [0.2, 0.25) is 0 Å². The molecule has 5 atom stereocenters. The van der Waals surface area contributed by atoms with Crippen molar-refractivity contribution in [1.29, 1.82) is 0 Å². The van der Waals surface area contributed by atoms with Crippen molar-refractivity contribution >= 4 is 5.91 Å². The van der Waals surface area contributed by atoms with Gasteiger partial charge in [-0.1, -0.05) is 43.7 Å². The van der Waals surface area contributed by atoms with E-state index in [-0.39, 0.29) is 5.92 Å². The molecule has 3 bridgehead atoms. The second-order valence-electron chi connectivity index (χ2n) is 11.3. The lowest BCUT2D eigenvalue weighted by Gasteiger charge is -2.63. The summed E-state index contributed by atoms with van der Waals surface area (Å²) in [6.45, 7) is 3.19. The summed E-state index contributed by atoms with van der Waals surface area (Å²) < 4.78 is 0. The number of rotatable bonds is 5. The number of carbonyl (C=O) groups excluding carboxylic acids is 1. The maximum Gasteiger partial charge on any atom is 0.223 e. The molecule has 3 heteroatoms. The first kappa shape index (κ1) is 20.5. The van der Waals surface area contributed by atoms with Crippen LogP contribution >= 0.6 is 0 Å². The molecule has 4 aliphatic carbocycles. The molecule has 3 nitrogen and oxygen atoms in total. The largest absolute Gasteiger partial charge is 0.353 e. The minimum absolute atomic E-state index is 0.241. The first-order valence-corrected chi connectivity index (χ1v) is 12.6. The number of nitrogens with one attached hydrogen (secondary N) is 1. The highest BCUT2D eigenvalue weighted by molar-refractivity contribution is 5.79. The van der Waals surface area contributed by atoms with Gasteiger partial charge in [0.15, 0.2) is 0 Å². The molecule has 1 amide bonds. The van der Waals surface area contributed by atoms with Gasteiger partial charge >= 0.3 is 0 Å². The van der Waals surface area contributed by atoms with Gasteiger partial charge in [0.25, 0.3) is 0 Å². The summed E-state index contributed by atoms with van der Waals surface area (Å²) in [7, 11) is 0. The van der Waals surface area contributed by atoms with Gasteiger partial charge in [0.1, 0.15) is 0 Å². The van der Waals surface area contributed by atoms with Crippen molar-refractivity contribution in [1.82, 2.24) is 5.32 Å². The maximum atomic E-state index is 13.5. The molecule has 0 aromatic heterocycles. The molecule has 1 aromatic rings. The first-order valence-electron chi connectivity index (χ1n) is 12.6. The van der Waals surface area contributed by atoms with E-state index in [1.807, 2.05) is 0 Å². The van der Waals surface area contributed by atoms with E-state index in [4.69, 9.17) is 5.73 Å². The van der Waals surface area contributed by atoms with Gasteiger partial charge in [-0.25, -0.2) is 0 Å². The molecule has 5 rings (SSSR count). The SMILES string of the molecule is CCC12CC3CC(C(=O)N[C@H]4CC[C@H](CN)CC4)C1CCC(c1ccccc1)(C3)C2. The Hall–Kier alpha value is -1.35. The van der Waals surface area contributed by atoms with Crippen molar-refractivity contribution in [3.05, 3.63) is 35.9 Å². The van der Waals surface area contributed by atoms with Crippen LogP contribution in [0.5, 0.6) is 0 Å². The number of fused-ring (bicyclic) bond motifs is 2. The molecule has 164 valence electrons. The Balaban J connectivity index is 1.34. The number of hydrogen-bond donors (Lipinski definition) is 2. The molecule has 4 saturated carbocycles. The Morgan fingerprint density at radius 3 is 2.57 bits per heavy atom. The molecule has 5 unspecified atom stereocenters. The molecular weight excluding hydrogens is 368 g/mol. The molecule has 0 spiro atoms. The lowest BCUT2D eigenvalue weighted by Crippen LogP contribution is -2.59. The number of carbonyl (C=O) groups is 1. The predicted molar refractivity (Wildman–Crippen MR) is 122 cm³/mol. The summed E-state index contributed by atoms with van der Waals surface area (Å²) in [4.78, 5) is 13.5. The van der Waals surface area contributed by atoms with E-state index in [9.17, 15) is 4.79 Å². The van der Waals surface area contributed by atoms with Crippen molar-refractivity contribution in [3.8, 4) is 0 Å². The highest BCUT2D eigenvalue weighted by Crippen LogP contribution is 2.67. The monoisotopic (exact) mass is 408 g/mol. The van der Waals surface area contributed by atoms with E-state index in [1.165, 1.54) is 51.4 Å². The average Bonchev–Trinajstić information content (AvgIpc) is 2.78.